The molecule has 0 radical (unpaired) electrons. The summed E-state index contributed by atoms with van der Waals surface area (Å²) in [5.74, 6) is -0.0761. The summed E-state index contributed by atoms with van der Waals surface area (Å²) < 4.78 is 24.0. The number of nitrogen functional groups attached to an aromatic ring is 1. The molecule has 0 aliphatic carbocycles. The molecule has 2 atom stereocenters. The summed E-state index contributed by atoms with van der Waals surface area (Å²) in [7, 11) is 3.16. The minimum Gasteiger partial charge on any atom is -0.496 e. The van der Waals surface area contributed by atoms with Crippen molar-refractivity contribution in [2.75, 3.05) is 39.6 Å². The number of nitrogens with zero attached hydrogens (tertiary/aromatic N) is 1. The van der Waals surface area contributed by atoms with Gasteiger partial charge in [-0.2, -0.15) is 0 Å². The van der Waals surface area contributed by atoms with Crippen molar-refractivity contribution in [3.63, 3.8) is 0 Å². The average Bonchev–Trinajstić information content (AvgIpc) is 2.80. The zero-order valence-corrected chi connectivity index (χ0v) is 19.3. The summed E-state index contributed by atoms with van der Waals surface area (Å²) in [6.45, 7) is 2.59. The molecule has 1 amide bonds. The number of nitrogens with two attached hydrogens (primary N) is 1. The number of carbonyl (C=O) groups excluding carboxylic acids is 1. The second kappa shape index (κ2) is 11.5. The Hall–Kier alpha value is -2.35. The molecular formula is C24H31ClFN3O3. The van der Waals surface area contributed by atoms with Crippen molar-refractivity contribution in [2.45, 2.75) is 37.8 Å². The third-order valence-corrected chi connectivity index (χ3v) is 6.26. The number of carbonyl (C=O) groups is 1. The highest BCUT2D eigenvalue weighted by Crippen LogP contribution is 2.29. The van der Waals surface area contributed by atoms with Crippen LogP contribution in [0.4, 0.5) is 10.1 Å². The first kappa shape index (κ1) is 24.3. The molecule has 1 saturated heterocycles. The first-order valence-corrected chi connectivity index (χ1v) is 11.2. The summed E-state index contributed by atoms with van der Waals surface area (Å²) in [5.41, 5.74) is 7.68. The van der Waals surface area contributed by atoms with Gasteiger partial charge >= 0.3 is 0 Å². The fraction of sp³-hybridized carbons (Fsp3) is 0.458. The van der Waals surface area contributed by atoms with E-state index in [1.807, 2.05) is 12.1 Å². The van der Waals surface area contributed by atoms with Crippen LogP contribution in [0.1, 0.15) is 35.2 Å². The Balaban J connectivity index is 1.49. The van der Waals surface area contributed by atoms with Gasteiger partial charge in [-0.25, -0.2) is 4.39 Å². The molecule has 3 N–H and O–H groups in total. The molecule has 8 heteroatoms. The zero-order chi connectivity index (χ0) is 23.1. The number of halogens is 2. The zero-order valence-electron chi connectivity index (χ0n) is 18.6. The fourth-order valence-electron chi connectivity index (χ4n) is 4.06. The molecule has 0 unspecified atom stereocenters. The van der Waals surface area contributed by atoms with Crippen molar-refractivity contribution < 1.29 is 18.7 Å². The maximum absolute atomic E-state index is 13.0. The van der Waals surface area contributed by atoms with E-state index in [2.05, 4.69) is 10.2 Å². The minimum absolute atomic E-state index is 0.107. The largest absolute Gasteiger partial charge is 0.496 e. The molecule has 174 valence electrons. The molecule has 0 spiro atoms. The number of hydrogen-bond donors (Lipinski definition) is 2. The smallest absolute Gasteiger partial charge is 0.255 e. The number of hydrogen-bond acceptors (Lipinski definition) is 5. The van der Waals surface area contributed by atoms with Crippen molar-refractivity contribution >= 4 is 23.2 Å². The monoisotopic (exact) mass is 463 g/mol. The quantitative estimate of drug-likeness (QED) is 0.435. The molecule has 3 rings (SSSR count). The number of likely N-dealkylation sites (tertiary alicyclic amines) is 1. The summed E-state index contributed by atoms with van der Waals surface area (Å²) in [6, 6.07) is 9.67. The Morgan fingerprint density at radius 1 is 1.25 bits per heavy atom. The van der Waals surface area contributed by atoms with Crippen LogP contribution < -0.4 is 15.8 Å². The van der Waals surface area contributed by atoms with Gasteiger partial charge in [-0.3, -0.25) is 4.79 Å². The van der Waals surface area contributed by atoms with Gasteiger partial charge in [0.25, 0.3) is 5.91 Å². The van der Waals surface area contributed by atoms with Crippen LogP contribution in [0, 0.1) is 5.82 Å². The highest BCUT2D eigenvalue weighted by molar-refractivity contribution is 6.33. The molecule has 0 aromatic heterocycles. The number of methoxy groups -OCH3 is 2. The lowest BCUT2D eigenvalue weighted by molar-refractivity contribution is 0.00601. The number of rotatable bonds is 9. The van der Waals surface area contributed by atoms with Gasteiger partial charge in [0.1, 0.15) is 11.6 Å². The van der Waals surface area contributed by atoms with E-state index in [0.29, 0.717) is 22.0 Å². The van der Waals surface area contributed by atoms with E-state index >= 15 is 0 Å². The normalized spacial score (nSPS) is 19.0. The van der Waals surface area contributed by atoms with Crippen LogP contribution in [-0.4, -0.2) is 56.8 Å². The molecule has 1 fully saturated rings. The van der Waals surface area contributed by atoms with Crippen LogP contribution in [0.15, 0.2) is 36.4 Å². The Kier molecular flexibility index (Phi) is 8.73. The Morgan fingerprint density at radius 3 is 2.69 bits per heavy atom. The molecule has 2 aromatic carbocycles. The van der Waals surface area contributed by atoms with Crippen LogP contribution in [0.5, 0.6) is 5.75 Å². The second-order valence-corrected chi connectivity index (χ2v) is 8.51. The number of nitrogens with one attached hydrogen (secondary N) is 1. The van der Waals surface area contributed by atoms with Crippen LogP contribution in [0.2, 0.25) is 5.02 Å². The number of piperidine rings is 1. The number of unbranched alkanes of at least 4 members (excludes halogenated alkanes) is 1. The molecule has 1 aliphatic heterocycles. The van der Waals surface area contributed by atoms with Crippen LogP contribution in [-0.2, 0) is 11.2 Å². The van der Waals surface area contributed by atoms with Gasteiger partial charge in [0, 0.05) is 26.3 Å². The molecule has 2 aromatic rings. The Morgan fingerprint density at radius 2 is 2.00 bits per heavy atom. The number of ether oxygens (including phenoxy) is 2. The number of benzene rings is 2. The molecule has 6 nitrogen and oxygen atoms in total. The van der Waals surface area contributed by atoms with Crippen LogP contribution >= 0.6 is 11.6 Å². The SMILES string of the molecule is COc1cc(N)c(Cl)cc1C(=O)N[C@@H]1CCN(CCCCc2ccc(F)cc2)C[C@@H]1OC. The molecule has 0 saturated carbocycles. The molecule has 0 bridgehead atoms. The predicted octanol–water partition coefficient (Wildman–Crippen LogP) is 3.91. The summed E-state index contributed by atoms with van der Waals surface area (Å²) in [5, 5.41) is 3.39. The third kappa shape index (κ3) is 6.34. The van der Waals surface area contributed by atoms with Gasteiger partial charge in [0.15, 0.2) is 0 Å². The van der Waals surface area contributed by atoms with E-state index in [4.69, 9.17) is 26.8 Å². The van der Waals surface area contributed by atoms with E-state index in [1.54, 1.807) is 13.2 Å². The second-order valence-electron chi connectivity index (χ2n) is 8.10. The van der Waals surface area contributed by atoms with Gasteiger partial charge in [0.05, 0.1) is 35.5 Å². The average molecular weight is 464 g/mol. The first-order valence-electron chi connectivity index (χ1n) is 10.8. The Labute approximate surface area is 193 Å². The number of amides is 1. The van der Waals surface area contributed by atoms with Crippen molar-refractivity contribution in [1.29, 1.82) is 0 Å². The van der Waals surface area contributed by atoms with Crippen molar-refractivity contribution in [2.24, 2.45) is 0 Å². The van der Waals surface area contributed by atoms with E-state index in [1.165, 1.54) is 25.3 Å². The van der Waals surface area contributed by atoms with Crippen molar-refractivity contribution in [3.05, 3.63) is 58.4 Å². The molecule has 1 aliphatic rings. The van der Waals surface area contributed by atoms with Crippen molar-refractivity contribution in [3.8, 4) is 5.75 Å². The standard InChI is InChI=1S/C24H31ClFN3O3/c1-31-22-14-20(27)19(25)13-18(22)24(30)28-21-10-12-29(15-23(21)32-2)11-4-3-5-16-6-8-17(26)9-7-16/h6-9,13-14,21,23H,3-5,10-12,15,27H2,1-2H3,(H,28,30)/t21-,23+/m1/s1. The summed E-state index contributed by atoms with van der Waals surface area (Å²) in [6.07, 6.45) is 3.70. The Bertz CT molecular complexity index is 910. The summed E-state index contributed by atoms with van der Waals surface area (Å²) >= 11 is 6.10. The molecule has 32 heavy (non-hydrogen) atoms. The van der Waals surface area contributed by atoms with Gasteiger partial charge in [-0.15, -0.1) is 0 Å². The van der Waals surface area contributed by atoms with Gasteiger partial charge in [0.2, 0.25) is 0 Å². The molecular weight excluding hydrogens is 433 g/mol. The molecule has 1 heterocycles. The lowest BCUT2D eigenvalue weighted by Gasteiger charge is -2.38. The van der Waals surface area contributed by atoms with E-state index < -0.39 is 0 Å². The predicted molar refractivity (Wildman–Crippen MR) is 125 cm³/mol. The number of anilines is 1. The van der Waals surface area contributed by atoms with Crippen LogP contribution in [0.3, 0.4) is 0 Å². The van der Waals surface area contributed by atoms with E-state index in [-0.39, 0.29) is 23.9 Å². The fourth-order valence-corrected chi connectivity index (χ4v) is 4.23. The van der Waals surface area contributed by atoms with E-state index in [9.17, 15) is 9.18 Å². The highest BCUT2D eigenvalue weighted by atomic mass is 35.5. The maximum Gasteiger partial charge on any atom is 0.255 e. The lowest BCUT2D eigenvalue weighted by Crippen LogP contribution is -2.54. The maximum atomic E-state index is 13.0. The van der Waals surface area contributed by atoms with Crippen LogP contribution in [0.25, 0.3) is 0 Å². The summed E-state index contributed by atoms with van der Waals surface area (Å²) in [4.78, 5) is 15.2. The first-order chi connectivity index (χ1) is 15.4. The van der Waals surface area contributed by atoms with Gasteiger partial charge < -0.3 is 25.4 Å². The van der Waals surface area contributed by atoms with Gasteiger partial charge in [-0.1, -0.05) is 23.7 Å². The topological polar surface area (TPSA) is 76.8 Å². The minimum atomic E-state index is -0.261. The third-order valence-electron chi connectivity index (χ3n) is 5.93. The lowest BCUT2D eigenvalue weighted by atomic mass is 10.00. The van der Waals surface area contributed by atoms with E-state index in [0.717, 1.165) is 50.9 Å². The highest BCUT2D eigenvalue weighted by Gasteiger charge is 2.31. The van der Waals surface area contributed by atoms with Gasteiger partial charge in [-0.05, 0) is 56.0 Å². The van der Waals surface area contributed by atoms with Crippen molar-refractivity contribution in [1.82, 2.24) is 10.2 Å². The number of aryl methyl sites for hydroxylation is 1.